The minimum Gasteiger partial charge on any atom is -0.465 e. The first kappa shape index (κ1) is 13.7. The number of esters is 1. The SMILES string of the molecule is COC(=O)c1ccc(C#CCCO)c([N+](=O)[O-])c1. The molecule has 0 aliphatic heterocycles. The van der Waals surface area contributed by atoms with E-state index in [2.05, 4.69) is 16.6 Å². The Labute approximate surface area is 103 Å². The molecule has 0 unspecified atom stereocenters. The van der Waals surface area contributed by atoms with Crippen LogP contribution in [-0.2, 0) is 4.74 Å². The molecule has 94 valence electrons. The van der Waals surface area contributed by atoms with Crippen LogP contribution in [0.25, 0.3) is 0 Å². The van der Waals surface area contributed by atoms with Crippen LogP contribution in [0.3, 0.4) is 0 Å². The number of ether oxygens (including phenoxy) is 1. The lowest BCUT2D eigenvalue weighted by Crippen LogP contribution is -2.03. The Hall–Kier alpha value is -2.39. The first-order valence-corrected chi connectivity index (χ1v) is 5.06. The number of benzene rings is 1. The molecule has 0 saturated heterocycles. The van der Waals surface area contributed by atoms with Crippen molar-refractivity contribution in [1.29, 1.82) is 0 Å². The number of aliphatic hydroxyl groups is 1. The number of nitrogens with zero attached hydrogens (tertiary/aromatic N) is 1. The predicted octanol–water partition coefficient (Wildman–Crippen LogP) is 1.12. The minimum atomic E-state index is -0.645. The Kier molecular flexibility index (Phi) is 4.84. The molecule has 0 bridgehead atoms. The molecule has 0 fully saturated rings. The molecule has 0 heterocycles. The molecule has 0 aromatic heterocycles. The summed E-state index contributed by atoms with van der Waals surface area (Å²) in [6, 6.07) is 3.91. The van der Waals surface area contributed by atoms with Gasteiger partial charge in [0.05, 0.1) is 24.2 Å². The smallest absolute Gasteiger partial charge is 0.338 e. The van der Waals surface area contributed by atoms with Crippen LogP contribution in [-0.4, -0.2) is 29.7 Å². The van der Waals surface area contributed by atoms with Crippen LogP contribution in [0.15, 0.2) is 18.2 Å². The fourth-order valence-electron chi connectivity index (χ4n) is 1.25. The molecular formula is C12H11NO5. The van der Waals surface area contributed by atoms with Gasteiger partial charge in [-0.25, -0.2) is 4.79 Å². The molecule has 1 N–H and O–H groups in total. The van der Waals surface area contributed by atoms with Crippen LogP contribution in [0.2, 0.25) is 0 Å². The summed E-state index contributed by atoms with van der Waals surface area (Å²) in [6.07, 6.45) is 0.232. The normalized spacial score (nSPS) is 9.22. The summed E-state index contributed by atoms with van der Waals surface area (Å²) >= 11 is 0. The molecule has 1 rings (SSSR count). The Bertz CT molecular complexity index is 527. The zero-order valence-corrected chi connectivity index (χ0v) is 9.67. The molecule has 0 atom stereocenters. The summed E-state index contributed by atoms with van der Waals surface area (Å²) in [5, 5.41) is 19.4. The average Bonchev–Trinajstić information content (AvgIpc) is 2.38. The average molecular weight is 249 g/mol. The summed E-state index contributed by atoms with van der Waals surface area (Å²) in [7, 11) is 1.20. The Morgan fingerprint density at radius 2 is 2.28 bits per heavy atom. The highest BCUT2D eigenvalue weighted by atomic mass is 16.6. The number of hydrogen-bond donors (Lipinski definition) is 1. The van der Waals surface area contributed by atoms with E-state index in [9.17, 15) is 14.9 Å². The number of methoxy groups -OCH3 is 1. The van der Waals surface area contributed by atoms with Gasteiger partial charge in [0.25, 0.3) is 5.69 Å². The van der Waals surface area contributed by atoms with Crippen molar-refractivity contribution in [2.24, 2.45) is 0 Å². The van der Waals surface area contributed by atoms with Crippen LogP contribution < -0.4 is 0 Å². The van der Waals surface area contributed by atoms with E-state index >= 15 is 0 Å². The molecule has 0 spiro atoms. The second-order valence-electron chi connectivity index (χ2n) is 3.26. The van der Waals surface area contributed by atoms with Crippen molar-refractivity contribution in [1.82, 2.24) is 0 Å². The second kappa shape index (κ2) is 6.37. The number of carbonyl (C=O) groups is 1. The molecule has 0 aliphatic carbocycles. The topological polar surface area (TPSA) is 89.7 Å². The van der Waals surface area contributed by atoms with Gasteiger partial charge in [0.15, 0.2) is 0 Å². The Morgan fingerprint density at radius 3 is 2.83 bits per heavy atom. The maximum Gasteiger partial charge on any atom is 0.338 e. The first-order chi connectivity index (χ1) is 8.60. The number of hydrogen-bond acceptors (Lipinski definition) is 5. The Balaban J connectivity index is 3.18. The highest BCUT2D eigenvalue weighted by Gasteiger charge is 2.16. The standard InChI is InChI=1S/C12H11NO5/c1-18-12(15)10-6-5-9(4-2-3-7-14)11(8-10)13(16)17/h5-6,8,14H,3,7H2,1H3. The fraction of sp³-hybridized carbons (Fsp3) is 0.250. The number of aliphatic hydroxyl groups excluding tert-OH is 1. The third kappa shape index (κ3) is 3.30. The molecule has 1 aromatic rings. The number of nitro benzene ring substituents is 1. The zero-order valence-electron chi connectivity index (χ0n) is 9.67. The van der Waals surface area contributed by atoms with Crippen molar-refractivity contribution in [3.05, 3.63) is 39.4 Å². The van der Waals surface area contributed by atoms with Crippen molar-refractivity contribution in [3.8, 4) is 11.8 Å². The van der Waals surface area contributed by atoms with E-state index in [1.807, 2.05) is 0 Å². The van der Waals surface area contributed by atoms with Crippen molar-refractivity contribution in [2.45, 2.75) is 6.42 Å². The minimum absolute atomic E-state index is 0.0944. The van der Waals surface area contributed by atoms with Crippen LogP contribution in [0.4, 0.5) is 5.69 Å². The Morgan fingerprint density at radius 1 is 1.56 bits per heavy atom. The molecule has 0 radical (unpaired) electrons. The monoisotopic (exact) mass is 249 g/mol. The fourth-order valence-corrected chi connectivity index (χ4v) is 1.25. The lowest BCUT2D eigenvalue weighted by Gasteiger charge is -2.00. The molecule has 0 amide bonds. The van der Waals surface area contributed by atoms with E-state index in [-0.39, 0.29) is 29.8 Å². The predicted molar refractivity (Wildman–Crippen MR) is 63.0 cm³/mol. The van der Waals surface area contributed by atoms with E-state index in [0.717, 1.165) is 6.07 Å². The van der Waals surface area contributed by atoms with Gasteiger partial charge >= 0.3 is 5.97 Å². The van der Waals surface area contributed by atoms with Gasteiger partial charge in [0.2, 0.25) is 0 Å². The van der Waals surface area contributed by atoms with E-state index in [0.29, 0.717) is 0 Å². The molecule has 6 heteroatoms. The molecule has 1 aromatic carbocycles. The van der Waals surface area contributed by atoms with Gasteiger partial charge in [-0.15, -0.1) is 0 Å². The van der Waals surface area contributed by atoms with Gasteiger partial charge in [-0.2, -0.15) is 0 Å². The largest absolute Gasteiger partial charge is 0.465 e. The summed E-state index contributed by atoms with van der Waals surface area (Å²) in [5.74, 6) is 4.52. The van der Waals surface area contributed by atoms with Gasteiger partial charge in [0, 0.05) is 12.5 Å². The highest BCUT2D eigenvalue weighted by molar-refractivity contribution is 5.90. The lowest BCUT2D eigenvalue weighted by molar-refractivity contribution is -0.385. The van der Waals surface area contributed by atoms with Crippen LogP contribution in [0, 0.1) is 22.0 Å². The van der Waals surface area contributed by atoms with Gasteiger partial charge in [0.1, 0.15) is 5.56 Å². The van der Waals surface area contributed by atoms with Crippen LogP contribution in [0.5, 0.6) is 0 Å². The molecule has 0 saturated carbocycles. The number of nitro groups is 1. The van der Waals surface area contributed by atoms with Crippen LogP contribution >= 0.6 is 0 Å². The van der Waals surface area contributed by atoms with Gasteiger partial charge in [-0.1, -0.05) is 11.8 Å². The van der Waals surface area contributed by atoms with Gasteiger partial charge in [-0.05, 0) is 12.1 Å². The summed E-state index contributed by atoms with van der Waals surface area (Å²) < 4.78 is 4.48. The summed E-state index contributed by atoms with van der Waals surface area (Å²) in [6.45, 7) is -0.110. The third-order valence-corrected chi connectivity index (χ3v) is 2.08. The summed E-state index contributed by atoms with van der Waals surface area (Å²) in [4.78, 5) is 21.5. The van der Waals surface area contributed by atoms with Crippen molar-refractivity contribution < 1.29 is 19.6 Å². The molecule has 18 heavy (non-hydrogen) atoms. The summed E-state index contributed by atoms with van der Waals surface area (Å²) in [5.41, 5.74) is 0.0290. The number of carbonyl (C=O) groups excluding carboxylic acids is 1. The quantitative estimate of drug-likeness (QED) is 0.375. The van der Waals surface area contributed by atoms with E-state index in [1.165, 1.54) is 19.2 Å². The van der Waals surface area contributed by atoms with Gasteiger partial charge in [-0.3, -0.25) is 10.1 Å². The third-order valence-electron chi connectivity index (χ3n) is 2.08. The van der Waals surface area contributed by atoms with Gasteiger partial charge < -0.3 is 9.84 Å². The van der Waals surface area contributed by atoms with Crippen molar-refractivity contribution >= 4 is 11.7 Å². The maximum atomic E-state index is 11.2. The van der Waals surface area contributed by atoms with E-state index in [1.54, 1.807) is 0 Å². The zero-order chi connectivity index (χ0) is 13.5. The van der Waals surface area contributed by atoms with E-state index in [4.69, 9.17) is 5.11 Å². The second-order valence-corrected chi connectivity index (χ2v) is 3.26. The first-order valence-electron chi connectivity index (χ1n) is 5.06. The van der Waals surface area contributed by atoms with E-state index < -0.39 is 10.9 Å². The molecule has 0 aliphatic rings. The number of rotatable bonds is 3. The lowest BCUT2D eigenvalue weighted by atomic mass is 10.1. The maximum absolute atomic E-state index is 11.2. The highest BCUT2D eigenvalue weighted by Crippen LogP contribution is 2.20. The van der Waals surface area contributed by atoms with Crippen molar-refractivity contribution in [3.63, 3.8) is 0 Å². The molecule has 6 nitrogen and oxygen atoms in total. The van der Waals surface area contributed by atoms with Crippen LogP contribution in [0.1, 0.15) is 22.3 Å². The molecular weight excluding hydrogens is 238 g/mol. The van der Waals surface area contributed by atoms with Crippen molar-refractivity contribution in [2.75, 3.05) is 13.7 Å².